The number of hydrogen-bond acceptors (Lipinski definition) is 4. The van der Waals surface area contributed by atoms with E-state index in [1.54, 1.807) is 22.6 Å². The molecule has 6 heteroatoms. The van der Waals surface area contributed by atoms with Crippen LogP contribution in [0.2, 0.25) is 0 Å². The van der Waals surface area contributed by atoms with Gasteiger partial charge in [0, 0.05) is 43.8 Å². The molecule has 0 bridgehead atoms. The van der Waals surface area contributed by atoms with Gasteiger partial charge in [0.2, 0.25) is 10.0 Å². The average Bonchev–Trinajstić information content (AvgIpc) is 2.56. The van der Waals surface area contributed by atoms with Crippen molar-refractivity contribution < 1.29 is 8.42 Å². The molecule has 23 heavy (non-hydrogen) atoms. The Hall–Kier alpha value is -1.92. The molecular formula is C17H21N3O2S. The lowest BCUT2D eigenvalue weighted by molar-refractivity contribution is 0.342. The van der Waals surface area contributed by atoms with Crippen molar-refractivity contribution in [3.8, 4) is 0 Å². The highest BCUT2D eigenvalue weighted by atomic mass is 32.2. The Balaban J connectivity index is 1.77. The van der Waals surface area contributed by atoms with Crippen molar-refractivity contribution in [2.45, 2.75) is 24.8 Å². The normalized spacial score (nSPS) is 19.7. The van der Waals surface area contributed by atoms with Crippen molar-refractivity contribution in [2.75, 3.05) is 24.5 Å². The lowest BCUT2D eigenvalue weighted by Gasteiger charge is -2.40. The summed E-state index contributed by atoms with van der Waals surface area (Å²) in [5.41, 5.74) is 2.36. The third kappa shape index (κ3) is 3.23. The molecule has 0 radical (unpaired) electrons. The van der Waals surface area contributed by atoms with Gasteiger partial charge in [-0.1, -0.05) is 17.7 Å². The lowest BCUT2D eigenvalue weighted by Crippen LogP contribution is -2.53. The van der Waals surface area contributed by atoms with Crippen LogP contribution in [0.3, 0.4) is 0 Å². The zero-order valence-electron chi connectivity index (χ0n) is 13.4. The van der Waals surface area contributed by atoms with Crippen molar-refractivity contribution in [3.05, 3.63) is 54.4 Å². The number of aromatic nitrogens is 1. The van der Waals surface area contributed by atoms with E-state index in [9.17, 15) is 8.42 Å². The van der Waals surface area contributed by atoms with Gasteiger partial charge in [-0.15, -0.1) is 0 Å². The maximum Gasteiger partial charge on any atom is 0.244 e. The Kier molecular flexibility index (Phi) is 4.37. The van der Waals surface area contributed by atoms with E-state index < -0.39 is 10.0 Å². The summed E-state index contributed by atoms with van der Waals surface area (Å²) in [6, 6.07) is 11.7. The minimum Gasteiger partial charge on any atom is -0.366 e. The molecule has 1 aromatic carbocycles. The van der Waals surface area contributed by atoms with Gasteiger partial charge in [0.05, 0.1) is 0 Å². The molecule has 1 aliphatic heterocycles. The minimum atomic E-state index is -3.46. The van der Waals surface area contributed by atoms with Crippen molar-refractivity contribution in [1.82, 2.24) is 9.29 Å². The molecule has 1 fully saturated rings. The third-order valence-corrected chi connectivity index (χ3v) is 6.08. The summed E-state index contributed by atoms with van der Waals surface area (Å²) >= 11 is 0. The molecular weight excluding hydrogens is 310 g/mol. The van der Waals surface area contributed by atoms with Crippen LogP contribution in [0.1, 0.15) is 12.5 Å². The van der Waals surface area contributed by atoms with E-state index >= 15 is 0 Å². The van der Waals surface area contributed by atoms with Gasteiger partial charge in [0.1, 0.15) is 4.90 Å². The first-order chi connectivity index (χ1) is 11.0. The van der Waals surface area contributed by atoms with Crippen molar-refractivity contribution in [2.24, 2.45) is 0 Å². The second-order valence-electron chi connectivity index (χ2n) is 5.93. The molecule has 1 aliphatic rings. The molecule has 1 atom stereocenters. The van der Waals surface area contributed by atoms with Gasteiger partial charge in [-0.3, -0.25) is 4.98 Å². The molecule has 0 saturated carbocycles. The molecule has 0 aliphatic carbocycles. The van der Waals surface area contributed by atoms with Crippen LogP contribution in [0.25, 0.3) is 0 Å². The Labute approximate surface area is 137 Å². The fraction of sp³-hybridized carbons (Fsp3) is 0.353. The molecule has 1 saturated heterocycles. The van der Waals surface area contributed by atoms with Gasteiger partial charge in [-0.25, -0.2) is 8.42 Å². The van der Waals surface area contributed by atoms with Crippen molar-refractivity contribution in [1.29, 1.82) is 0 Å². The second kappa shape index (κ2) is 6.29. The van der Waals surface area contributed by atoms with Crippen molar-refractivity contribution >= 4 is 15.7 Å². The monoisotopic (exact) mass is 331 g/mol. The van der Waals surface area contributed by atoms with E-state index in [0.717, 1.165) is 5.69 Å². The number of piperazine rings is 1. The molecule has 1 unspecified atom stereocenters. The summed E-state index contributed by atoms with van der Waals surface area (Å²) in [4.78, 5) is 6.44. The highest BCUT2D eigenvalue weighted by Gasteiger charge is 2.32. The number of aryl methyl sites for hydroxylation is 1. The molecule has 2 aromatic rings. The number of nitrogens with zero attached hydrogens (tertiary/aromatic N) is 3. The predicted octanol–water partition coefficient (Wildman–Crippen LogP) is 2.29. The van der Waals surface area contributed by atoms with Crippen molar-refractivity contribution in [3.63, 3.8) is 0 Å². The summed E-state index contributed by atoms with van der Waals surface area (Å²) in [5.74, 6) is 0. The summed E-state index contributed by atoms with van der Waals surface area (Å²) in [6.45, 7) is 5.76. The van der Waals surface area contributed by atoms with Crippen LogP contribution >= 0.6 is 0 Å². The smallest absolute Gasteiger partial charge is 0.244 e. The molecule has 1 aromatic heterocycles. The van der Waals surface area contributed by atoms with E-state index in [0.29, 0.717) is 19.6 Å². The van der Waals surface area contributed by atoms with Crippen LogP contribution in [0.15, 0.2) is 53.7 Å². The van der Waals surface area contributed by atoms with E-state index in [-0.39, 0.29) is 10.9 Å². The molecule has 0 amide bonds. The van der Waals surface area contributed by atoms with Crippen LogP contribution in [0, 0.1) is 6.92 Å². The van der Waals surface area contributed by atoms with Crippen LogP contribution in [0.5, 0.6) is 0 Å². The quantitative estimate of drug-likeness (QED) is 0.866. The average molecular weight is 331 g/mol. The minimum absolute atomic E-state index is 0.123. The number of pyridine rings is 1. The van der Waals surface area contributed by atoms with E-state index in [1.807, 2.05) is 0 Å². The Morgan fingerprint density at radius 2 is 1.87 bits per heavy atom. The fourth-order valence-electron chi connectivity index (χ4n) is 2.91. The predicted molar refractivity (Wildman–Crippen MR) is 91.0 cm³/mol. The van der Waals surface area contributed by atoms with E-state index in [2.05, 4.69) is 48.0 Å². The molecule has 5 nitrogen and oxygen atoms in total. The van der Waals surface area contributed by atoms with Gasteiger partial charge in [-0.05, 0) is 38.1 Å². The van der Waals surface area contributed by atoms with Gasteiger partial charge < -0.3 is 4.90 Å². The first kappa shape index (κ1) is 16.0. The highest BCUT2D eigenvalue weighted by molar-refractivity contribution is 7.89. The van der Waals surface area contributed by atoms with E-state index in [4.69, 9.17) is 0 Å². The molecule has 0 spiro atoms. The topological polar surface area (TPSA) is 53.5 Å². The third-order valence-electron chi connectivity index (χ3n) is 4.23. The highest BCUT2D eigenvalue weighted by Crippen LogP contribution is 2.24. The summed E-state index contributed by atoms with van der Waals surface area (Å²) < 4.78 is 26.9. The Morgan fingerprint density at radius 3 is 2.48 bits per heavy atom. The maximum absolute atomic E-state index is 12.7. The van der Waals surface area contributed by atoms with Gasteiger partial charge in [0.15, 0.2) is 0 Å². The van der Waals surface area contributed by atoms with Gasteiger partial charge in [0.25, 0.3) is 0 Å². The van der Waals surface area contributed by atoms with Crippen LogP contribution < -0.4 is 4.90 Å². The van der Waals surface area contributed by atoms with E-state index in [1.165, 1.54) is 11.8 Å². The van der Waals surface area contributed by atoms with Gasteiger partial charge >= 0.3 is 0 Å². The molecule has 2 heterocycles. The summed E-state index contributed by atoms with van der Waals surface area (Å²) in [6.07, 6.45) is 2.99. The van der Waals surface area contributed by atoms with Crippen LogP contribution in [0.4, 0.5) is 5.69 Å². The Bertz CT molecular complexity index is 760. The molecule has 3 rings (SSSR count). The standard InChI is InChI=1S/C17H21N3O2S/c1-14-5-7-16(8-6-14)20-11-10-19(13-15(20)2)23(21,22)17-4-3-9-18-12-17/h3-9,12,15H,10-11,13H2,1-2H3. The molecule has 122 valence electrons. The van der Waals surface area contributed by atoms with Gasteiger partial charge in [-0.2, -0.15) is 4.31 Å². The summed E-state index contributed by atoms with van der Waals surface area (Å²) in [5, 5.41) is 0. The van der Waals surface area contributed by atoms with Crippen LogP contribution in [-0.2, 0) is 10.0 Å². The number of hydrogen-bond donors (Lipinski definition) is 0. The number of benzene rings is 1. The SMILES string of the molecule is Cc1ccc(N2CCN(S(=O)(=O)c3cccnc3)CC2C)cc1. The first-order valence-electron chi connectivity index (χ1n) is 7.72. The number of rotatable bonds is 3. The maximum atomic E-state index is 12.7. The second-order valence-corrected chi connectivity index (χ2v) is 7.87. The number of anilines is 1. The molecule has 0 N–H and O–H groups in total. The zero-order valence-corrected chi connectivity index (χ0v) is 14.2. The summed E-state index contributed by atoms with van der Waals surface area (Å²) in [7, 11) is -3.46. The lowest BCUT2D eigenvalue weighted by atomic mass is 10.1. The van der Waals surface area contributed by atoms with Crippen LogP contribution in [-0.4, -0.2) is 43.4 Å². The first-order valence-corrected chi connectivity index (χ1v) is 9.16. The Morgan fingerprint density at radius 1 is 1.13 bits per heavy atom. The largest absolute Gasteiger partial charge is 0.366 e. The number of sulfonamides is 1. The fourth-order valence-corrected chi connectivity index (χ4v) is 4.39. The zero-order chi connectivity index (χ0) is 16.4.